The van der Waals surface area contributed by atoms with E-state index in [9.17, 15) is 13.6 Å². The summed E-state index contributed by atoms with van der Waals surface area (Å²) in [5.74, 6) is -0.829. The van der Waals surface area contributed by atoms with Crippen LogP contribution in [0.4, 0.5) is 0 Å². The van der Waals surface area contributed by atoms with Crippen molar-refractivity contribution in [2.75, 3.05) is 0 Å². The van der Waals surface area contributed by atoms with Gasteiger partial charge in [-0.1, -0.05) is 34.8 Å². The van der Waals surface area contributed by atoms with Crippen LogP contribution in [0.3, 0.4) is 0 Å². The van der Waals surface area contributed by atoms with Gasteiger partial charge in [-0.3, -0.25) is 9.00 Å². The molecule has 0 spiro atoms. The van der Waals surface area contributed by atoms with E-state index in [0.717, 1.165) is 0 Å². The quantitative estimate of drug-likeness (QED) is 0.329. The Kier molecular flexibility index (Phi) is 7.12. The molecule has 1 rings (SSSR count). The fraction of sp³-hybridized carbons (Fsp3) is 0.167. The van der Waals surface area contributed by atoms with E-state index in [4.69, 9.17) is 34.8 Å². The maximum absolute atomic E-state index is 11.4. The minimum absolute atomic E-state index is 0. The van der Waals surface area contributed by atoms with Gasteiger partial charge in [-0.05, 0) is 33.1 Å². The molecule has 4 nitrogen and oxygen atoms in total. The van der Waals surface area contributed by atoms with E-state index in [2.05, 4.69) is 20.9 Å². The van der Waals surface area contributed by atoms with Crippen molar-refractivity contribution in [1.82, 2.24) is 4.98 Å². The van der Waals surface area contributed by atoms with E-state index in [1.165, 1.54) is 6.07 Å². The van der Waals surface area contributed by atoms with Crippen molar-refractivity contribution in [3.63, 3.8) is 0 Å². The van der Waals surface area contributed by atoms with Gasteiger partial charge in [0, 0.05) is 0 Å². The smallest absolute Gasteiger partial charge is 0.767 e. The number of hydrogen-bond donors (Lipinski definition) is 1. The number of H-pyrrole nitrogens is 1. The van der Waals surface area contributed by atoms with Crippen LogP contribution < -0.4 is 29.6 Å². The van der Waals surface area contributed by atoms with Crippen LogP contribution >= 0.6 is 50.7 Å². The van der Waals surface area contributed by atoms with Crippen LogP contribution in [0.15, 0.2) is 15.6 Å². The molecule has 0 amide bonds. The van der Waals surface area contributed by atoms with Crippen molar-refractivity contribution in [3.8, 4) is 0 Å². The molecular weight excluding hydrogens is 375 g/mol. The number of halogens is 4. The molecule has 84 valence electrons. The Morgan fingerprint density at radius 1 is 1.50 bits per heavy atom. The predicted octanol–water partition coefficient (Wildman–Crippen LogP) is -0.428. The molecule has 1 aromatic rings. The number of aromatic amines is 1. The molecule has 0 aliphatic carbocycles. The molecule has 1 aromatic heterocycles. The first kappa shape index (κ1) is 17.4. The zero-order valence-corrected chi connectivity index (χ0v) is 14.4. The molecule has 0 saturated carbocycles. The second-order valence-electron chi connectivity index (χ2n) is 2.42. The second kappa shape index (κ2) is 6.54. The molecule has 1 unspecified atom stereocenters. The number of alkyl halides is 3. The van der Waals surface area contributed by atoms with E-state index in [1.807, 2.05) is 0 Å². The zero-order valence-electron chi connectivity index (χ0n) is 7.72. The molecule has 0 aliphatic rings. The van der Waals surface area contributed by atoms with Gasteiger partial charge in [-0.15, -0.1) is 0 Å². The third-order valence-electron chi connectivity index (χ3n) is 1.40. The monoisotopic (exact) mass is 375 g/mol. The van der Waals surface area contributed by atoms with Crippen molar-refractivity contribution in [2.45, 2.75) is 8.82 Å². The van der Waals surface area contributed by atoms with Crippen LogP contribution in [0.25, 0.3) is 0 Å². The molecule has 1 heterocycles. The second-order valence-corrected chi connectivity index (χ2v) is 6.43. The summed E-state index contributed by atoms with van der Waals surface area (Å²) in [7, 11) is 0. The third kappa shape index (κ3) is 4.26. The van der Waals surface area contributed by atoms with Crippen LogP contribution in [0.1, 0.15) is 10.5 Å². The Morgan fingerprint density at radius 2 is 2.00 bits per heavy atom. The summed E-state index contributed by atoms with van der Waals surface area (Å²) in [4.78, 5) is 13.7. The fourth-order valence-electron chi connectivity index (χ4n) is 0.807. The number of carbonyl (C=O) groups is 1. The molecule has 0 aromatic carbocycles. The van der Waals surface area contributed by atoms with Gasteiger partial charge in [-0.25, -0.2) is 0 Å². The zero-order chi connectivity index (χ0) is 11.8. The summed E-state index contributed by atoms with van der Waals surface area (Å²) in [6.45, 7) is 0. The first-order valence-electron chi connectivity index (χ1n) is 3.32. The largest absolute Gasteiger partial charge is 1.00 e. The molecule has 0 bridgehead atoms. The van der Waals surface area contributed by atoms with Gasteiger partial charge in [0.15, 0.2) is 0 Å². The number of carbonyl (C=O) groups excluding carboxylic acids is 1. The SMILES string of the molecule is O=C(c1cc(Br)c(S(=O)[O-])[nH]1)C(Cl)(Cl)Cl.[Na+]. The predicted molar refractivity (Wildman–Crippen MR) is 60.3 cm³/mol. The molecule has 1 N–H and O–H groups in total. The minimum Gasteiger partial charge on any atom is -0.767 e. The van der Waals surface area contributed by atoms with Crippen LogP contribution in [0, 0.1) is 0 Å². The number of aromatic nitrogens is 1. The van der Waals surface area contributed by atoms with Gasteiger partial charge in [-0.2, -0.15) is 0 Å². The maximum Gasteiger partial charge on any atom is 1.00 e. The van der Waals surface area contributed by atoms with E-state index in [-0.39, 0.29) is 44.7 Å². The Morgan fingerprint density at radius 3 is 2.31 bits per heavy atom. The van der Waals surface area contributed by atoms with Crippen molar-refractivity contribution in [1.29, 1.82) is 0 Å². The summed E-state index contributed by atoms with van der Waals surface area (Å²) >= 11 is 16.5. The molecule has 16 heavy (non-hydrogen) atoms. The van der Waals surface area contributed by atoms with E-state index >= 15 is 0 Å². The van der Waals surface area contributed by atoms with Crippen molar-refractivity contribution in [3.05, 3.63) is 16.2 Å². The standard InChI is InChI=1S/C6H3BrCl3NO3S.Na/c7-2-1-3(4(12)6(8,9)10)11-5(2)15(13)14;/h1,11H,(H,13,14);/q;+1/p-1. The summed E-state index contributed by atoms with van der Waals surface area (Å²) < 4.78 is 19.4. The van der Waals surface area contributed by atoms with Gasteiger partial charge in [0.1, 0.15) is 5.03 Å². The summed E-state index contributed by atoms with van der Waals surface area (Å²) in [6, 6.07) is 1.23. The van der Waals surface area contributed by atoms with Gasteiger partial charge in [0.25, 0.3) is 3.79 Å². The molecule has 0 aliphatic heterocycles. The van der Waals surface area contributed by atoms with E-state index in [0.29, 0.717) is 0 Å². The summed E-state index contributed by atoms with van der Waals surface area (Å²) in [6.07, 6.45) is 0. The van der Waals surface area contributed by atoms with Crippen LogP contribution in [0.2, 0.25) is 0 Å². The van der Waals surface area contributed by atoms with Gasteiger partial charge in [0.2, 0.25) is 5.78 Å². The van der Waals surface area contributed by atoms with Crippen molar-refractivity contribution >= 4 is 67.6 Å². The number of hydrogen-bond acceptors (Lipinski definition) is 3. The Labute approximate surface area is 139 Å². The molecule has 0 fully saturated rings. The maximum atomic E-state index is 11.4. The van der Waals surface area contributed by atoms with Crippen molar-refractivity contribution < 1.29 is 43.1 Å². The number of rotatable bonds is 2. The van der Waals surface area contributed by atoms with Gasteiger partial charge in [0.05, 0.1) is 10.2 Å². The third-order valence-corrected chi connectivity index (χ3v) is 3.46. The normalized spacial score (nSPS) is 13.1. The molecule has 0 saturated heterocycles. The summed E-state index contributed by atoms with van der Waals surface area (Å²) in [5, 5.41) is -0.174. The number of Topliss-reactive ketones (excluding diaryl/α,β-unsaturated/α-hetero) is 1. The van der Waals surface area contributed by atoms with Crippen LogP contribution in [0.5, 0.6) is 0 Å². The van der Waals surface area contributed by atoms with Gasteiger partial charge >= 0.3 is 29.6 Å². The van der Waals surface area contributed by atoms with Gasteiger partial charge < -0.3 is 9.54 Å². The first-order chi connectivity index (χ1) is 6.73. The van der Waals surface area contributed by atoms with E-state index < -0.39 is 20.7 Å². The summed E-state index contributed by atoms with van der Waals surface area (Å²) in [5.41, 5.74) is -0.0962. The minimum atomic E-state index is -2.50. The Hall–Kier alpha value is 1.41. The molecular formula is C6H2BrCl3NNaO3S. The van der Waals surface area contributed by atoms with Crippen LogP contribution in [-0.4, -0.2) is 23.3 Å². The molecule has 1 atom stereocenters. The van der Waals surface area contributed by atoms with Crippen LogP contribution in [-0.2, 0) is 11.1 Å². The first-order valence-corrected chi connectivity index (χ1v) is 6.33. The Balaban J connectivity index is 0.00000225. The topological polar surface area (TPSA) is 73.0 Å². The number of ketones is 1. The number of nitrogens with one attached hydrogen (secondary N) is 1. The molecule has 10 heteroatoms. The van der Waals surface area contributed by atoms with Crippen molar-refractivity contribution in [2.24, 2.45) is 0 Å². The Bertz CT molecular complexity index is 433. The fourth-order valence-corrected chi connectivity index (χ4v) is 2.25. The van der Waals surface area contributed by atoms with E-state index in [1.54, 1.807) is 0 Å². The average Bonchev–Trinajstić information content (AvgIpc) is 2.44. The average molecular weight is 377 g/mol. The molecule has 0 radical (unpaired) electrons.